The lowest BCUT2D eigenvalue weighted by atomic mass is 10.1. The Morgan fingerprint density at radius 1 is 1.10 bits per heavy atom. The topological polar surface area (TPSA) is 64.1 Å². The molecule has 6 nitrogen and oxygen atoms in total. The number of fused-ring (bicyclic) bond motifs is 1. The van der Waals surface area contributed by atoms with Gasteiger partial charge in [0, 0.05) is 20.0 Å². The molecule has 1 heterocycles. The number of para-hydroxylation sites is 1. The number of nitrogens with zero attached hydrogens (tertiary/aromatic N) is 1. The number of aryl methyl sites for hydroxylation is 1. The summed E-state index contributed by atoms with van der Waals surface area (Å²) < 4.78 is 16.6. The van der Waals surface area contributed by atoms with Crippen molar-refractivity contribution in [2.45, 2.75) is 25.4 Å². The fourth-order valence-corrected chi connectivity index (χ4v) is 3.33. The monoisotopic (exact) mass is 511 g/mol. The molecule has 1 aliphatic heterocycles. The van der Waals surface area contributed by atoms with Crippen LogP contribution in [0.4, 0.5) is 0 Å². The van der Waals surface area contributed by atoms with E-state index in [1.54, 1.807) is 21.3 Å². The predicted octanol–water partition coefficient (Wildman–Crippen LogP) is 3.42. The summed E-state index contributed by atoms with van der Waals surface area (Å²) in [6.45, 7) is 1.56. The van der Waals surface area contributed by atoms with E-state index >= 15 is 0 Å². The predicted molar refractivity (Wildman–Crippen MR) is 127 cm³/mol. The Morgan fingerprint density at radius 2 is 1.90 bits per heavy atom. The molecular formula is C22H30IN3O3. The highest BCUT2D eigenvalue weighted by Gasteiger charge is 2.22. The van der Waals surface area contributed by atoms with Gasteiger partial charge in [0.15, 0.2) is 17.5 Å². The molecule has 0 saturated heterocycles. The summed E-state index contributed by atoms with van der Waals surface area (Å²) in [6.07, 6.45) is 3.01. The number of hydrogen-bond acceptors (Lipinski definition) is 4. The van der Waals surface area contributed by atoms with E-state index in [-0.39, 0.29) is 30.1 Å². The molecule has 3 rings (SSSR count). The van der Waals surface area contributed by atoms with Crippen LogP contribution in [0.15, 0.2) is 47.5 Å². The van der Waals surface area contributed by atoms with Crippen LogP contribution in [-0.2, 0) is 12.8 Å². The van der Waals surface area contributed by atoms with Crippen LogP contribution in [0.3, 0.4) is 0 Å². The lowest BCUT2D eigenvalue weighted by Gasteiger charge is -2.15. The molecule has 2 N–H and O–H groups in total. The van der Waals surface area contributed by atoms with Crippen LogP contribution in [0.25, 0.3) is 0 Å². The summed E-state index contributed by atoms with van der Waals surface area (Å²) in [7, 11) is 5.09. The minimum absolute atomic E-state index is 0. The molecule has 0 amide bonds. The standard InChI is InChI=1S/C22H29N3O3.HI/c1-23-22(25-15-18-14-17-8-4-5-9-19(17)28-18)24-12-6-7-16-10-11-20(26-2)21(13-16)27-3;/h4-5,8-11,13,18H,6-7,12,14-15H2,1-3H3,(H2,23,24,25);1H. The van der Waals surface area contributed by atoms with Crippen LogP contribution in [0.1, 0.15) is 17.5 Å². The molecule has 158 valence electrons. The highest BCUT2D eigenvalue weighted by molar-refractivity contribution is 14.0. The van der Waals surface area contributed by atoms with E-state index in [1.165, 1.54) is 11.1 Å². The highest BCUT2D eigenvalue weighted by atomic mass is 127. The van der Waals surface area contributed by atoms with Crippen LogP contribution in [0, 0.1) is 0 Å². The number of nitrogens with one attached hydrogen (secondary N) is 2. The van der Waals surface area contributed by atoms with Gasteiger partial charge in [0.05, 0.1) is 20.8 Å². The van der Waals surface area contributed by atoms with Crippen molar-refractivity contribution in [3.8, 4) is 17.2 Å². The van der Waals surface area contributed by atoms with Crippen LogP contribution in [0.5, 0.6) is 17.2 Å². The first-order valence-corrected chi connectivity index (χ1v) is 9.63. The number of aliphatic imine (C=N–C) groups is 1. The normalized spacial score (nSPS) is 15.0. The van der Waals surface area contributed by atoms with Crippen LogP contribution in [-0.4, -0.2) is 46.4 Å². The zero-order chi connectivity index (χ0) is 19.8. The Morgan fingerprint density at radius 3 is 2.62 bits per heavy atom. The maximum absolute atomic E-state index is 5.96. The van der Waals surface area contributed by atoms with E-state index in [9.17, 15) is 0 Å². The second-order valence-corrected chi connectivity index (χ2v) is 6.72. The Kier molecular flexibility index (Phi) is 9.37. The molecule has 0 spiro atoms. The number of benzene rings is 2. The fraction of sp³-hybridized carbons (Fsp3) is 0.409. The average Bonchev–Trinajstić information content (AvgIpc) is 3.16. The number of rotatable bonds is 8. The molecule has 0 radical (unpaired) electrons. The molecule has 2 aromatic rings. The van der Waals surface area contributed by atoms with Crippen molar-refractivity contribution in [3.05, 3.63) is 53.6 Å². The fourth-order valence-electron chi connectivity index (χ4n) is 3.33. The van der Waals surface area contributed by atoms with E-state index in [4.69, 9.17) is 14.2 Å². The first kappa shape index (κ1) is 23.1. The van der Waals surface area contributed by atoms with Crippen molar-refractivity contribution in [3.63, 3.8) is 0 Å². The summed E-state index contributed by atoms with van der Waals surface area (Å²) in [5, 5.41) is 6.72. The lowest BCUT2D eigenvalue weighted by molar-refractivity contribution is 0.235. The summed E-state index contributed by atoms with van der Waals surface area (Å²) >= 11 is 0. The molecule has 1 aliphatic rings. The zero-order valence-electron chi connectivity index (χ0n) is 17.2. The first-order chi connectivity index (χ1) is 13.7. The summed E-state index contributed by atoms with van der Waals surface area (Å²) in [5.74, 6) is 3.31. The van der Waals surface area contributed by atoms with Crippen molar-refractivity contribution in [2.24, 2.45) is 4.99 Å². The maximum atomic E-state index is 5.96. The van der Waals surface area contributed by atoms with Gasteiger partial charge in [-0.3, -0.25) is 4.99 Å². The van der Waals surface area contributed by atoms with Crippen molar-refractivity contribution < 1.29 is 14.2 Å². The maximum Gasteiger partial charge on any atom is 0.191 e. The molecule has 0 bridgehead atoms. The van der Waals surface area contributed by atoms with Gasteiger partial charge in [0.25, 0.3) is 0 Å². The molecule has 0 fully saturated rings. The van der Waals surface area contributed by atoms with Crippen LogP contribution in [0.2, 0.25) is 0 Å². The van der Waals surface area contributed by atoms with E-state index in [2.05, 4.69) is 33.8 Å². The number of halogens is 1. The van der Waals surface area contributed by atoms with Gasteiger partial charge in [0.2, 0.25) is 0 Å². The van der Waals surface area contributed by atoms with E-state index in [1.807, 2.05) is 24.3 Å². The molecule has 1 unspecified atom stereocenters. The Labute approximate surface area is 190 Å². The van der Waals surface area contributed by atoms with Crippen LogP contribution < -0.4 is 24.8 Å². The molecule has 2 aromatic carbocycles. The van der Waals surface area contributed by atoms with Crippen molar-refractivity contribution in [1.29, 1.82) is 0 Å². The minimum atomic E-state index is 0. The molecular weight excluding hydrogens is 481 g/mol. The number of ether oxygens (including phenoxy) is 3. The smallest absolute Gasteiger partial charge is 0.191 e. The van der Waals surface area contributed by atoms with E-state index in [0.717, 1.165) is 55.6 Å². The zero-order valence-corrected chi connectivity index (χ0v) is 19.6. The van der Waals surface area contributed by atoms with Gasteiger partial charge in [-0.2, -0.15) is 0 Å². The van der Waals surface area contributed by atoms with Crippen molar-refractivity contribution >= 4 is 29.9 Å². The highest BCUT2D eigenvalue weighted by Crippen LogP contribution is 2.28. The summed E-state index contributed by atoms with van der Waals surface area (Å²) in [4.78, 5) is 4.30. The van der Waals surface area contributed by atoms with Gasteiger partial charge in [-0.1, -0.05) is 24.3 Å². The lowest BCUT2D eigenvalue weighted by Crippen LogP contribution is -2.42. The second kappa shape index (κ2) is 11.7. The summed E-state index contributed by atoms with van der Waals surface area (Å²) in [5.41, 5.74) is 2.49. The molecule has 29 heavy (non-hydrogen) atoms. The van der Waals surface area contributed by atoms with Crippen LogP contribution >= 0.6 is 24.0 Å². The largest absolute Gasteiger partial charge is 0.493 e. The molecule has 0 aromatic heterocycles. The number of methoxy groups -OCH3 is 2. The quantitative estimate of drug-likeness (QED) is 0.246. The third-order valence-electron chi connectivity index (χ3n) is 4.82. The van der Waals surface area contributed by atoms with Gasteiger partial charge in [0.1, 0.15) is 11.9 Å². The van der Waals surface area contributed by atoms with Gasteiger partial charge in [-0.25, -0.2) is 0 Å². The Hall–Kier alpha value is -2.16. The van der Waals surface area contributed by atoms with Gasteiger partial charge < -0.3 is 24.8 Å². The molecule has 1 atom stereocenters. The van der Waals surface area contributed by atoms with Gasteiger partial charge in [-0.15, -0.1) is 24.0 Å². The average molecular weight is 511 g/mol. The van der Waals surface area contributed by atoms with Gasteiger partial charge >= 0.3 is 0 Å². The third kappa shape index (κ3) is 6.42. The first-order valence-electron chi connectivity index (χ1n) is 9.63. The number of guanidine groups is 1. The Bertz CT molecular complexity index is 789. The SMILES string of the molecule is CN=C(NCCCc1ccc(OC)c(OC)c1)NCC1Cc2ccccc2O1.I. The van der Waals surface area contributed by atoms with Gasteiger partial charge in [-0.05, 0) is 42.2 Å². The second-order valence-electron chi connectivity index (χ2n) is 6.72. The minimum Gasteiger partial charge on any atom is -0.493 e. The Balaban J connectivity index is 0.00000300. The molecule has 0 aliphatic carbocycles. The number of hydrogen-bond donors (Lipinski definition) is 2. The molecule has 7 heteroatoms. The van der Waals surface area contributed by atoms with E-state index < -0.39 is 0 Å². The third-order valence-corrected chi connectivity index (χ3v) is 4.82. The summed E-state index contributed by atoms with van der Waals surface area (Å²) in [6, 6.07) is 14.3. The van der Waals surface area contributed by atoms with Crippen molar-refractivity contribution in [2.75, 3.05) is 34.4 Å². The van der Waals surface area contributed by atoms with E-state index in [0.29, 0.717) is 0 Å². The molecule has 0 saturated carbocycles. The van der Waals surface area contributed by atoms with Crippen molar-refractivity contribution in [1.82, 2.24) is 10.6 Å².